The first-order chi connectivity index (χ1) is 19.2. The van der Waals surface area contributed by atoms with Crippen LogP contribution < -0.4 is 10.1 Å². The summed E-state index contributed by atoms with van der Waals surface area (Å²) >= 11 is 0. The highest BCUT2D eigenvalue weighted by molar-refractivity contribution is 5.84. The summed E-state index contributed by atoms with van der Waals surface area (Å²) in [5.74, 6) is -2.94. The van der Waals surface area contributed by atoms with Crippen molar-refractivity contribution in [1.29, 1.82) is 0 Å². The molecular weight excluding hydrogens is 527 g/mol. The number of piperazine rings is 1. The van der Waals surface area contributed by atoms with E-state index in [0.717, 1.165) is 5.56 Å². The maximum Gasteiger partial charge on any atom is 0.248 e. The Balaban J connectivity index is 1.07. The largest absolute Gasteiger partial charge is 0.489 e. The summed E-state index contributed by atoms with van der Waals surface area (Å²) in [6.45, 7) is 2.73. The van der Waals surface area contributed by atoms with E-state index in [9.17, 15) is 22.8 Å². The van der Waals surface area contributed by atoms with Crippen LogP contribution in [0, 0.1) is 11.7 Å². The van der Waals surface area contributed by atoms with Crippen LogP contribution >= 0.6 is 0 Å². The molecule has 2 fully saturated rings. The van der Waals surface area contributed by atoms with Crippen molar-refractivity contribution in [3.05, 3.63) is 53.3 Å². The highest BCUT2D eigenvalue weighted by atomic mass is 19.3. The van der Waals surface area contributed by atoms with Gasteiger partial charge in [-0.2, -0.15) is 0 Å². The van der Waals surface area contributed by atoms with Gasteiger partial charge in [0.1, 0.15) is 29.2 Å². The first-order valence-electron chi connectivity index (χ1n) is 13.5. The summed E-state index contributed by atoms with van der Waals surface area (Å²) in [7, 11) is 0. The van der Waals surface area contributed by atoms with Crippen LogP contribution in [0.15, 0.2) is 41.0 Å². The Morgan fingerprint density at radius 3 is 2.55 bits per heavy atom. The molecule has 2 amide bonds. The minimum absolute atomic E-state index is 0.0653. The van der Waals surface area contributed by atoms with Gasteiger partial charge in [-0.05, 0) is 65.0 Å². The van der Waals surface area contributed by atoms with E-state index in [-0.39, 0.29) is 56.0 Å². The lowest BCUT2D eigenvalue weighted by Gasteiger charge is -2.35. The standard InChI is InChI=1S/C28H32F3N5O4/c29-22-2-4-25(39-18-20-1-3-23-24(13-20)34-40-33-23)21(15-22)17-35-9-11-36(12-10-35)27(38)16-32-26(37)14-19-5-7-28(30,31)8-6-19/h1-4,13,15,19H,5-12,14,16-18H2,(H,32,37). The van der Waals surface area contributed by atoms with Crippen molar-refractivity contribution in [3.8, 4) is 5.75 Å². The first-order valence-corrected chi connectivity index (χ1v) is 13.5. The van der Waals surface area contributed by atoms with E-state index in [0.29, 0.717) is 67.9 Å². The lowest BCUT2D eigenvalue weighted by atomic mass is 9.84. The molecule has 2 aliphatic rings. The van der Waals surface area contributed by atoms with Gasteiger partial charge < -0.3 is 15.0 Å². The Kier molecular flexibility index (Phi) is 8.53. The van der Waals surface area contributed by atoms with Crippen molar-refractivity contribution in [3.63, 3.8) is 0 Å². The number of hydrogen-bond donors (Lipinski definition) is 1. The van der Waals surface area contributed by atoms with Gasteiger partial charge in [-0.1, -0.05) is 6.07 Å². The average Bonchev–Trinajstić information content (AvgIpc) is 3.41. The van der Waals surface area contributed by atoms with Crippen molar-refractivity contribution >= 4 is 22.8 Å². The molecule has 2 aromatic carbocycles. The Morgan fingerprint density at radius 2 is 1.77 bits per heavy atom. The Labute approximate surface area is 229 Å². The molecule has 1 aromatic heterocycles. The van der Waals surface area contributed by atoms with Crippen molar-refractivity contribution < 1.29 is 32.1 Å². The zero-order valence-electron chi connectivity index (χ0n) is 22.1. The maximum absolute atomic E-state index is 14.1. The number of hydrogen-bond acceptors (Lipinski definition) is 7. The number of nitrogens with zero attached hydrogens (tertiary/aromatic N) is 4. The van der Waals surface area contributed by atoms with E-state index in [1.54, 1.807) is 17.0 Å². The van der Waals surface area contributed by atoms with Gasteiger partial charge in [-0.3, -0.25) is 14.5 Å². The normalized spacial score (nSPS) is 18.1. The quantitative estimate of drug-likeness (QED) is 0.424. The second kappa shape index (κ2) is 12.2. The summed E-state index contributed by atoms with van der Waals surface area (Å²) in [4.78, 5) is 28.7. The van der Waals surface area contributed by atoms with Gasteiger partial charge in [0.25, 0.3) is 0 Å². The molecule has 12 heteroatoms. The minimum atomic E-state index is -2.62. The van der Waals surface area contributed by atoms with Gasteiger partial charge in [0.15, 0.2) is 0 Å². The summed E-state index contributed by atoms with van der Waals surface area (Å²) in [5, 5.41) is 10.3. The lowest BCUT2D eigenvalue weighted by molar-refractivity contribution is -0.134. The van der Waals surface area contributed by atoms with Crippen LogP contribution in [0.5, 0.6) is 5.75 Å². The van der Waals surface area contributed by atoms with Gasteiger partial charge >= 0.3 is 0 Å². The topological polar surface area (TPSA) is 101 Å². The summed E-state index contributed by atoms with van der Waals surface area (Å²) < 4.78 is 51.4. The molecule has 0 spiro atoms. The summed E-state index contributed by atoms with van der Waals surface area (Å²) in [5.41, 5.74) is 2.86. The van der Waals surface area contributed by atoms with Crippen molar-refractivity contribution in [2.24, 2.45) is 5.92 Å². The molecule has 2 heterocycles. The number of carbonyl (C=O) groups excluding carboxylic acids is 2. The molecule has 1 saturated carbocycles. The van der Waals surface area contributed by atoms with Crippen LogP contribution in [0.1, 0.15) is 43.2 Å². The molecular formula is C28H32F3N5O4. The number of aromatic nitrogens is 2. The number of carbonyl (C=O) groups is 2. The number of alkyl halides is 2. The van der Waals surface area contributed by atoms with Gasteiger partial charge in [0, 0.05) is 57.5 Å². The third-order valence-electron chi connectivity index (χ3n) is 7.60. The predicted octanol–water partition coefficient (Wildman–Crippen LogP) is 3.92. The van der Waals surface area contributed by atoms with Crippen molar-refractivity contribution in [2.45, 2.75) is 51.2 Å². The van der Waals surface area contributed by atoms with Crippen LogP contribution in [0.4, 0.5) is 13.2 Å². The number of fused-ring (bicyclic) bond motifs is 1. The number of amides is 2. The molecule has 3 aromatic rings. The molecule has 0 unspecified atom stereocenters. The van der Waals surface area contributed by atoms with E-state index in [4.69, 9.17) is 9.37 Å². The molecule has 0 radical (unpaired) electrons. The van der Waals surface area contributed by atoms with Crippen LogP contribution in [0.3, 0.4) is 0 Å². The molecule has 40 heavy (non-hydrogen) atoms. The van der Waals surface area contributed by atoms with Crippen LogP contribution in [0.25, 0.3) is 11.0 Å². The average molecular weight is 560 g/mol. The highest BCUT2D eigenvalue weighted by Gasteiger charge is 2.35. The molecule has 0 atom stereocenters. The monoisotopic (exact) mass is 559 g/mol. The highest BCUT2D eigenvalue weighted by Crippen LogP contribution is 2.37. The fraction of sp³-hybridized carbons (Fsp3) is 0.500. The first kappa shape index (κ1) is 27.9. The van der Waals surface area contributed by atoms with Crippen LogP contribution in [0.2, 0.25) is 0 Å². The summed E-state index contributed by atoms with van der Waals surface area (Å²) in [6, 6.07) is 9.92. The Hall–Kier alpha value is -3.67. The second-order valence-electron chi connectivity index (χ2n) is 10.6. The van der Waals surface area contributed by atoms with E-state index < -0.39 is 5.92 Å². The second-order valence-corrected chi connectivity index (χ2v) is 10.6. The van der Waals surface area contributed by atoms with Gasteiger partial charge in [-0.25, -0.2) is 17.8 Å². The zero-order valence-corrected chi connectivity index (χ0v) is 22.1. The third kappa shape index (κ3) is 7.29. The zero-order chi connectivity index (χ0) is 28.1. The third-order valence-corrected chi connectivity index (χ3v) is 7.60. The molecule has 1 aliphatic carbocycles. The van der Waals surface area contributed by atoms with Crippen LogP contribution in [-0.2, 0) is 22.7 Å². The predicted molar refractivity (Wildman–Crippen MR) is 139 cm³/mol. The lowest BCUT2D eigenvalue weighted by Crippen LogP contribution is -2.51. The number of ether oxygens (including phenoxy) is 1. The van der Waals surface area contributed by atoms with Crippen molar-refractivity contribution in [1.82, 2.24) is 25.4 Å². The number of rotatable bonds is 9. The number of halogens is 3. The molecule has 1 N–H and O–H groups in total. The maximum atomic E-state index is 14.1. The molecule has 0 bridgehead atoms. The summed E-state index contributed by atoms with van der Waals surface area (Å²) in [6.07, 6.45) is 0.446. The van der Waals surface area contributed by atoms with E-state index in [2.05, 4.69) is 20.5 Å². The molecule has 9 nitrogen and oxygen atoms in total. The smallest absolute Gasteiger partial charge is 0.248 e. The Morgan fingerprint density at radius 1 is 1.02 bits per heavy atom. The SMILES string of the molecule is O=C(CC1CCC(F)(F)CC1)NCC(=O)N1CCN(Cc2cc(F)ccc2OCc2ccc3nonc3c2)CC1. The Bertz CT molecular complexity index is 1330. The fourth-order valence-electron chi connectivity index (χ4n) is 5.21. The fourth-order valence-corrected chi connectivity index (χ4v) is 5.21. The minimum Gasteiger partial charge on any atom is -0.489 e. The molecule has 5 rings (SSSR count). The number of nitrogens with one attached hydrogen (secondary N) is 1. The molecule has 1 saturated heterocycles. The van der Waals surface area contributed by atoms with E-state index in [1.807, 2.05) is 12.1 Å². The van der Waals surface area contributed by atoms with Gasteiger partial charge in [-0.15, -0.1) is 0 Å². The number of benzene rings is 2. The van der Waals surface area contributed by atoms with Crippen LogP contribution in [-0.4, -0.2) is 70.6 Å². The molecule has 214 valence electrons. The van der Waals surface area contributed by atoms with Gasteiger partial charge in [0.2, 0.25) is 17.7 Å². The van der Waals surface area contributed by atoms with E-state index >= 15 is 0 Å². The van der Waals surface area contributed by atoms with Crippen molar-refractivity contribution in [2.75, 3.05) is 32.7 Å². The molecule has 1 aliphatic heterocycles. The van der Waals surface area contributed by atoms with E-state index in [1.165, 1.54) is 12.1 Å². The van der Waals surface area contributed by atoms with Gasteiger partial charge in [0.05, 0.1) is 6.54 Å².